The second kappa shape index (κ2) is 4.42. The van der Waals surface area contributed by atoms with E-state index in [9.17, 15) is 4.57 Å². The minimum absolute atomic E-state index is 0.363. The van der Waals surface area contributed by atoms with Gasteiger partial charge in [-0.15, -0.1) is 0 Å². The first kappa shape index (κ1) is 5.42. The van der Waals surface area contributed by atoms with Crippen LogP contribution in [0.1, 0.15) is 0 Å². The van der Waals surface area contributed by atoms with E-state index in [0.29, 0.717) is 0 Å². The van der Waals surface area contributed by atoms with Crippen LogP contribution in [-0.4, -0.2) is 0 Å². The maximum absolute atomic E-state index is 9.34. The van der Waals surface area contributed by atoms with Gasteiger partial charge in [0.25, 0.3) is 0 Å². The third-order valence-corrected chi connectivity index (χ3v) is 0.371. The van der Waals surface area contributed by atoms with Gasteiger partial charge >= 0.3 is 8.69 Å². The molecule has 3 heteroatoms. The third-order valence-electron chi connectivity index (χ3n) is 0.179. The summed E-state index contributed by atoms with van der Waals surface area (Å²) in [7, 11) is -0.363. The van der Waals surface area contributed by atoms with E-state index in [1.807, 2.05) is 0 Å². The Kier molecular flexibility index (Phi) is 3.99. The molecule has 0 radical (unpaired) electrons. The van der Waals surface area contributed by atoms with Gasteiger partial charge in [-0.2, -0.15) is 0 Å². The van der Waals surface area contributed by atoms with Crippen LogP contribution in [0.3, 0.4) is 0 Å². The monoisotopic (exact) mass is 102 g/mol. The molecule has 0 aliphatic rings. The fourth-order valence-electron chi connectivity index (χ4n) is 0.0588. The molecule has 0 aromatic heterocycles. The van der Waals surface area contributed by atoms with Crippen LogP contribution in [0.25, 0.3) is 0 Å². The van der Waals surface area contributed by atoms with Crippen LogP contribution in [0.15, 0.2) is 18.6 Å². The van der Waals surface area contributed by atoms with Gasteiger partial charge in [-0.3, -0.25) is 0 Å². The Morgan fingerprint density at radius 3 is 2.83 bits per heavy atom. The van der Waals surface area contributed by atoms with Gasteiger partial charge in [0.2, 0.25) is 0 Å². The Balaban J connectivity index is 3.07. The SMILES string of the molecule is C=C=COP=O. The summed E-state index contributed by atoms with van der Waals surface area (Å²) in [5.74, 6) is 0. The standard InChI is InChI=1S/C3H3O2P/c1-2-3-5-6-4/h3H,1H2. The van der Waals surface area contributed by atoms with Crippen LogP contribution in [-0.2, 0) is 9.09 Å². The molecule has 0 saturated heterocycles. The van der Waals surface area contributed by atoms with Crippen molar-refractivity contribution in [1.29, 1.82) is 0 Å². The molecule has 0 amide bonds. The molecule has 0 aliphatic heterocycles. The molecule has 0 saturated carbocycles. The molecule has 32 valence electrons. The minimum atomic E-state index is -0.363. The van der Waals surface area contributed by atoms with Crippen LogP contribution >= 0.6 is 8.69 Å². The van der Waals surface area contributed by atoms with Crippen LogP contribution in [0.5, 0.6) is 0 Å². The van der Waals surface area contributed by atoms with Crippen LogP contribution in [0, 0.1) is 0 Å². The highest BCUT2D eigenvalue weighted by atomic mass is 31.1. The lowest BCUT2D eigenvalue weighted by Gasteiger charge is -1.68. The van der Waals surface area contributed by atoms with Crippen LogP contribution < -0.4 is 0 Å². The zero-order chi connectivity index (χ0) is 4.83. The summed E-state index contributed by atoms with van der Waals surface area (Å²) in [5.41, 5.74) is 2.26. The molecule has 0 fully saturated rings. The quantitative estimate of drug-likeness (QED) is 0.300. The van der Waals surface area contributed by atoms with E-state index >= 15 is 0 Å². The predicted octanol–water partition coefficient (Wildman–Crippen LogP) is 1.51. The van der Waals surface area contributed by atoms with Crippen molar-refractivity contribution in [2.24, 2.45) is 0 Å². The summed E-state index contributed by atoms with van der Waals surface area (Å²) in [6.07, 6.45) is 1.12. The first-order valence-electron chi connectivity index (χ1n) is 1.24. The molecule has 0 aromatic carbocycles. The maximum Gasteiger partial charge on any atom is 0.395 e. The molecule has 0 unspecified atom stereocenters. The van der Waals surface area contributed by atoms with Crippen molar-refractivity contribution in [2.75, 3.05) is 0 Å². The Morgan fingerprint density at radius 1 is 2.00 bits per heavy atom. The van der Waals surface area contributed by atoms with Crippen molar-refractivity contribution in [2.45, 2.75) is 0 Å². The first-order chi connectivity index (χ1) is 2.91. The van der Waals surface area contributed by atoms with Gasteiger partial charge in [0, 0.05) is 0 Å². The molecule has 0 atom stereocenters. The van der Waals surface area contributed by atoms with E-state index in [1.165, 1.54) is 0 Å². The molecule has 6 heavy (non-hydrogen) atoms. The van der Waals surface area contributed by atoms with Crippen molar-refractivity contribution in [1.82, 2.24) is 0 Å². The van der Waals surface area contributed by atoms with Gasteiger partial charge in [-0.25, -0.2) is 4.57 Å². The summed E-state index contributed by atoms with van der Waals surface area (Å²) in [6, 6.07) is 0. The molecule has 0 aliphatic carbocycles. The second-order valence-corrected chi connectivity index (χ2v) is 0.862. The van der Waals surface area contributed by atoms with Crippen LogP contribution in [0.2, 0.25) is 0 Å². The highest BCUT2D eigenvalue weighted by Crippen LogP contribution is 1.90. The molecule has 0 N–H and O–H groups in total. The summed E-state index contributed by atoms with van der Waals surface area (Å²) < 4.78 is 13.4. The maximum atomic E-state index is 9.34. The fraction of sp³-hybridized carbons (Fsp3) is 0. The summed E-state index contributed by atoms with van der Waals surface area (Å²) in [4.78, 5) is 0. The summed E-state index contributed by atoms with van der Waals surface area (Å²) in [5, 5.41) is 0. The highest BCUT2D eigenvalue weighted by molar-refractivity contribution is 7.17. The zero-order valence-electron chi connectivity index (χ0n) is 3.05. The zero-order valence-corrected chi connectivity index (χ0v) is 3.94. The molecule has 0 aromatic rings. The van der Waals surface area contributed by atoms with Crippen molar-refractivity contribution in [3.05, 3.63) is 18.6 Å². The van der Waals surface area contributed by atoms with Crippen molar-refractivity contribution < 1.29 is 9.09 Å². The molecule has 0 rings (SSSR count). The van der Waals surface area contributed by atoms with E-state index in [4.69, 9.17) is 0 Å². The van der Waals surface area contributed by atoms with Gasteiger partial charge < -0.3 is 4.52 Å². The van der Waals surface area contributed by atoms with Gasteiger partial charge in [-0.05, 0) is 0 Å². The van der Waals surface area contributed by atoms with E-state index in [1.54, 1.807) is 0 Å². The molecular formula is C3H3O2P. The fourth-order valence-corrected chi connectivity index (χ4v) is 0.176. The largest absolute Gasteiger partial charge is 0.407 e. The summed E-state index contributed by atoms with van der Waals surface area (Å²) >= 11 is 0. The normalized spacial score (nSPS) is 6.67. The topological polar surface area (TPSA) is 26.3 Å². The summed E-state index contributed by atoms with van der Waals surface area (Å²) in [6.45, 7) is 3.15. The smallest absolute Gasteiger partial charge is 0.395 e. The average molecular weight is 102 g/mol. The Hall–Kier alpha value is -0.580. The molecule has 0 spiro atoms. The molecule has 0 heterocycles. The second-order valence-electron chi connectivity index (χ2n) is 0.502. The minimum Gasteiger partial charge on any atom is -0.407 e. The van der Waals surface area contributed by atoms with Gasteiger partial charge in [0.15, 0.2) is 0 Å². The van der Waals surface area contributed by atoms with E-state index < -0.39 is 0 Å². The Bertz CT molecular complexity index is 82.8. The lowest BCUT2D eigenvalue weighted by molar-refractivity contribution is 0.484. The van der Waals surface area contributed by atoms with Gasteiger partial charge in [-0.1, -0.05) is 12.3 Å². The average Bonchev–Trinajstić information content (AvgIpc) is 1.61. The van der Waals surface area contributed by atoms with E-state index in [-0.39, 0.29) is 8.69 Å². The third kappa shape index (κ3) is 3.42. The highest BCUT2D eigenvalue weighted by Gasteiger charge is 1.60. The van der Waals surface area contributed by atoms with Crippen LogP contribution in [0.4, 0.5) is 0 Å². The van der Waals surface area contributed by atoms with E-state index in [2.05, 4.69) is 16.8 Å². The van der Waals surface area contributed by atoms with Crippen molar-refractivity contribution >= 4 is 8.69 Å². The van der Waals surface area contributed by atoms with Crippen molar-refractivity contribution in [3.63, 3.8) is 0 Å². The Morgan fingerprint density at radius 2 is 2.67 bits per heavy atom. The lowest BCUT2D eigenvalue weighted by Crippen LogP contribution is -1.43. The first-order valence-corrected chi connectivity index (χ1v) is 1.97. The van der Waals surface area contributed by atoms with Gasteiger partial charge in [0.05, 0.1) is 0 Å². The number of hydrogen-bond donors (Lipinski definition) is 0. The van der Waals surface area contributed by atoms with Gasteiger partial charge in [0.1, 0.15) is 6.26 Å². The molecular weight excluding hydrogens is 99.0 g/mol. The van der Waals surface area contributed by atoms with E-state index in [0.717, 1.165) is 6.26 Å². The number of hydrogen-bond acceptors (Lipinski definition) is 2. The molecule has 0 bridgehead atoms. The Labute approximate surface area is 37.4 Å². The predicted molar refractivity (Wildman–Crippen MR) is 22.4 cm³/mol. The molecule has 2 nitrogen and oxygen atoms in total. The van der Waals surface area contributed by atoms with Crippen molar-refractivity contribution in [3.8, 4) is 0 Å². The lowest BCUT2D eigenvalue weighted by atomic mass is 11.0. The number of rotatable bonds is 2.